The third kappa shape index (κ3) is 5.22. The standard InChI is InChI=1S/C23H22F6N2O6S/c1-3-17(32)20(34)31-11-12-10-15(38(2,36)37)8-9-16(12)18(31)19(33)30-14-6-4-13(5-7-14)21(35,22(24,25)26)23(27,28)29/h4-10,17-18,32,35H,3,11H2,1-2H3,(H,30,33)/t17-,18+/m0/s1. The van der Waals surface area contributed by atoms with Crippen LogP contribution in [-0.4, -0.2) is 60.1 Å². The molecule has 2 amide bonds. The molecular formula is C23H22F6N2O6S. The molecule has 3 N–H and O–H groups in total. The van der Waals surface area contributed by atoms with E-state index in [1.165, 1.54) is 25.1 Å². The first-order valence-electron chi connectivity index (χ1n) is 10.9. The predicted molar refractivity (Wildman–Crippen MR) is 120 cm³/mol. The number of aliphatic hydroxyl groups excluding tert-OH is 1. The Morgan fingerprint density at radius 1 is 1.05 bits per heavy atom. The van der Waals surface area contributed by atoms with Crippen LogP contribution in [0.5, 0.6) is 0 Å². The van der Waals surface area contributed by atoms with Gasteiger partial charge in [-0.3, -0.25) is 9.59 Å². The molecule has 0 fully saturated rings. The second-order valence-electron chi connectivity index (χ2n) is 8.70. The van der Waals surface area contributed by atoms with Crippen LogP contribution in [0.1, 0.15) is 36.1 Å². The minimum atomic E-state index is -6.09. The van der Waals surface area contributed by atoms with E-state index in [4.69, 9.17) is 0 Å². The normalized spacial score (nSPS) is 17.2. The van der Waals surface area contributed by atoms with Crippen molar-refractivity contribution in [3.8, 4) is 0 Å². The molecule has 2 aromatic carbocycles. The summed E-state index contributed by atoms with van der Waals surface area (Å²) < 4.78 is 103. The number of alkyl halides is 6. The van der Waals surface area contributed by atoms with Crippen LogP contribution in [0.3, 0.4) is 0 Å². The van der Waals surface area contributed by atoms with E-state index in [0.29, 0.717) is 29.8 Å². The van der Waals surface area contributed by atoms with Gasteiger partial charge in [0.15, 0.2) is 9.84 Å². The van der Waals surface area contributed by atoms with Crippen molar-refractivity contribution in [1.29, 1.82) is 0 Å². The topological polar surface area (TPSA) is 124 Å². The average molecular weight is 568 g/mol. The largest absolute Gasteiger partial charge is 0.430 e. The fourth-order valence-electron chi connectivity index (χ4n) is 4.01. The summed E-state index contributed by atoms with van der Waals surface area (Å²) >= 11 is 0. The minimum Gasteiger partial charge on any atom is -0.383 e. The Morgan fingerprint density at radius 2 is 1.61 bits per heavy atom. The fraction of sp³-hybridized carbons (Fsp3) is 0.391. The number of rotatable bonds is 6. The van der Waals surface area contributed by atoms with Gasteiger partial charge >= 0.3 is 12.4 Å². The maximum atomic E-state index is 13.2. The van der Waals surface area contributed by atoms with Crippen LogP contribution in [0.25, 0.3) is 0 Å². The van der Waals surface area contributed by atoms with Crippen LogP contribution in [-0.2, 0) is 31.6 Å². The number of fused-ring (bicyclic) bond motifs is 1. The first kappa shape index (κ1) is 29.4. The highest BCUT2D eigenvalue weighted by atomic mass is 32.2. The summed E-state index contributed by atoms with van der Waals surface area (Å²) in [7, 11) is -3.64. The van der Waals surface area contributed by atoms with E-state index in [2.05, 4.69) is 5.32 Å². The first-order valence-corrected chi connectivity index (χ1v) is 12.8. The number of carbonyl (C=O) groups excluding carboxylic acids is 2. The van der Waals surface area contributed by atoms with E-state index in [9.17, 15) is 54.6 Å². The Hall–Kier alpha value is -3.17. The molecule has 0 bridgehead atoms. The molecule has 3 rings (SSSR count). The molecule has 2 atom stereocenters. The summed E-state index contributed by atoms with van der Waals surface area (Å²) in [4.78, 5) is 26.8. The van der Waals surface area contributed by atoms with Gasteiger partial charge in [0.25, 0.3) is 17.4 Å². The van der Waals surface area contributed by atoms with E-state index in [1.807, 2.05) is 0 Å². The smallest absolute Gasteiger partial charge is 0.383 e. The van der Waals surface area contributed by atoms with Crippen LogP contribution in [0, 0.1) is 0 Å². The number of sulfone groups is 1. The van der Waals surface area contributed by atoms with Gasteiger partial charge in [0.05, 0.1) is 4.90 Å². The molecule has 0 saturated heterocycles. The van der Waals surface area contributed by atoms with Crippen molar-refractivity contribution in [2.45, 2.75) is 54.9 Å². The Kier molecular flexibility index (Phi) is 7.62. The molecule has 0 unspecified atom stereocenters. The number of aliphatic hydroxyl groups is 2. The SMILES string of the molecule is CC[C@H](O)C(=O)N1Cc2cc(S(C)(=O)=O)ccc2[C@@H]1C(=O)Nc1ccc(C(O)(C(F)(F)F)C(F)(F)F)cc1. The number of benzene rings is 2. The Morgan fingerprint density at radius 3 is 2.08 bits per heavy atom. The van der Waals surface area contributed by atoms with E-state index in [1.54, 1.807) is 0 Å². The van der Waals surface area contributed by atoms with Crippen molar-refractivity contribution in [2.75, 3.05) is 11.6 Å². The zero-order chi connectivity index (χ0) is 28.8. The third-order valence-electron chi connectivity index (χ3n) is 6.08. The number of halogens is 6. The van der Waals surface area contributed by atoms with Crippen molar-refractivity contribution < 1.29 is 54.6 Å². The zero-order valence-electron chi connectivity index (χ0n) is 19.8. The van der Waals surface area contributed by atoms with Crippen LogP contribution < -0.4 is 5.32 Å². The Labute approximate surface area is 212 Å². The fourth-order valence-corrected chi connectivity index (χ4v) is 4.68. The minimum absolute atomic E-state index is 0.00259. The molecule has 2 aromatic rings. The van der Waals surface area contributed by atoms with E-state index < -0.39 is 57.3 Å². The van der Waals surface area contributed by atoms with Crippen molar-refractivity contribution in [1.82, 2.24) is 4.90 Å². The predicted octanol–water partition coefficient (Wildman–Crippen LogP) is 3.20. The van der Waals surface area contributed by atoms with Gasteiger partial charge in [-0.05, 0) is 41.8 Å². The van der Waals surface area contributed by atoms with E-state index >= 15 is 0 Å². The van der Waals surface area contributed by atoms with E-state index in [0.717, 1.165) is 11.2 Å². The lowest BCUT2D eigenvalue weighted by molar-refractivity contribution is -0.376. The maximum absolute atomic E-state index is 13.2. The Bertz CT molecular complexity index is 1330. The summed E-state index contributed by atoms with van der Waals surface area (Å²) in [5.41, 5.74) is -6.43. The van der Waals surface area contributed by atoms with Crippen molar-refractivity contribution in [3.05, 3.63) is 59.2 Å². The van der Waals surface area contributed by atoms with Gasteiger partial charge in [-0.2, -0.15) is 26.3 Å². The number of anilines is 1. The van der Waals surface area contributed by atoms with E-state index in [-0.39, 0.29) is 29.1 Å². The molecule has 38 heavy (non-hydrogen) atoms. The van der Waals surface area contributed by atoms with Crippen LogP contribution in [0.4, 0.5) is 32.0 Å². The molecular weight excluding hydrogens is 546 g/mol. The van der Waals surface area contributed by atoms with Crippen molar-refractivity contribution in [3.63, 3.8) is 0 Å². The Balaban J connectivity index is 1.96. The molecule has 0 aliphatic carbocycles. The molecule has 208 valence electrons. The first-order chi connectivity index (χ1) is 17.3. The molecule has 0 radical (unpaired) electrons. The highest BCUT2D eigenvalue weighted by molar-refractivity contribution is 7.90. The highest BCUT2D eigenvalue weighted by Gasteiger charge is 2.71. The summed E-state index contributed by atoms with van der Waals surface area (Å²) in [6.45, 7) is 1.27. The molecule has 8 nitrogen and oxygen atoms in total. The average Bonchev–Trinajstić information content (AvgIpc) is 3.20. The lowest BCUT2D eigenvalue weighted by Crippen LogP contribution is -2.53. The molecule has 0 spiro atoms. The van der Waals surface area contributed by atoms with Crippen LogP contribution >= 0.6 is 0 Å². The van der Waals surface area contributed by atoms with Crippen LogP contribution in [0.2, 0.25) is 0 Å². The van der Waals surface area contributed by atoms with Crippen LogP contribution in [0.15, 0.2) is 47.4 Å². The number of hydrogen-bond donors (Lipinski definition) is 3. The molecule has 15 heteroatoms. The van der Waals surface area contributed by atoms with Gasteiger partial charge in [0.1, 0.15) is 12.1 Å². The van der Waals surface area contributed by atoms with Gasteiger partial charge in [-0.1, -0.05) is 25.1 Å². The molecule has 0 saturated carbocycles. The lowest BCUT2D eigenvalue weighted by atomic mass is 9.92. The van der Waals surface area contributed by atoms with Crippen molar-refractivity contribution in [2.24, 2.45) is 0 Å². The van der Waals surface area contributed by atoms with Crippen molar-refractivity contribution >= 4 is 27.3 Å². The highest BCUT2D eigenvalue weighted by Crippen LogP contribution is 2.50. The van der Waals surface area contributed by atoms with Gasteiger partial charge in [-0.15, -0.1) is 0 Å². The van der Waals surface area contributed by atoms with Gasteiger partial charge in [0.2, 0.25) is 0 Å². The lowest BCUT2D eigenvalue weighted by Gasteiger charge is -2.32. The second kappa shape index (κ2) is 9.85. The van der Waals surface area contributed by atoms with Gasteiger partial charge in [0, 0.05) is 24.1 Å². The monoisotopic (exact) mass is 568 g/mol. The number of nitrogens with one attached hydrogen (secondary N) is 1. The molecule has 0 aromatic heterocycles. The molecule has 1 aliphatic rings. The zero-order valence-corrected chi connectivity index (χ0v) is 20.6. The molecule has 1 aliphatic heterocycles. The third-order valence-corrected chi connectivity index (χ3v) is 7.19. The number of hydrogen-bond acceptors (Lipinski definition) is 6. The van der Waals surface area contributed by atoms with Gasteiger partial charge in [-0.25, -0.2) is 8.42 Å². The summed E-state index contributed by atoms with van der Waals surface area (Å²) in [5.74, 6) is -1.78. The quantitative estimate of drug-likeness (QED) is 0.460. The maximum Gasteiger partial charge on any atom is 0.430 e. The summed E-state index contributed by atoms with van der Waals surface area (Å²) in [6, 6.07) is 4.51. The number of amides is 2. The second-order valence-corrected chi connectivity index (χ2v) is 10.7. The molecule has 1 heterocycles. The summed E-state index contributed by atoms with van der Waals surface area (Å²) in [5, 5.41) is 21.9. The van der Waals surface area contributed by atoms with Gasteiger partial charge < -0.3 is 20.4 Å². The number of nitrogens with zero attached hydrogens (tertiary/aromatic N) is 1. The summed E-state index contributed by atoms with van der Waals surface area (Å²) in [6.07, 6.45) is -12.7. The number of carbonyl (C=O) groups is 2.